The molecule has 456 valence electrons. The fourth-order valence-electron chi connectivity index (χ4n) is 13.8. The van der Waals surface area contributed by atoms with Gasteiger partial charge in [0.25, 0.3) is 0 Å². The van der Waals surface area contributed by atoms with E-state index in [4.69, 9.17) is 4.42 Å². The number of benzene rings is 11. The highest BCUT2D eigenvalue weighted by Crippen LogP contribution is 2.62. The monoisotopic (exact) mass is 1210 g/mol. The molecule has 1 aliphatic rings. The summed E-state index contributed by atoms with van der Waals surface area (Å²) in [6.45, 7) is 34.8. The Morgan fingerprint density at radius 3 is 1.11 bits per heavy atom. The maximum Gasteiger partial charge on any atom is 0.145 e. The number of para-hydroxylation sites is 3. The van der Waals surface area contributed by atoms with Crippen molar-refractivity contribution in [2.45, 2.75) is 130 Å². The summed E-state index contributed by atoms with van der Waals surface area (Å²) in [6, 6.07) is 96.4. The number of nitrogens with zero attached hydrogens (tertiary/aromatic N) is 3. The third-order valence-corrected chi connectivity index (χ3v) is 21.0. The van der Waals surface area contributed by atoms with Crippen LogP contribution in [-0.4, -0.2) is 8.07 Å². The van der Waals surface area contributed by atoms with Gasteiger partial charge in [0, 0.05) is 56.4 Å². The topological polar surface area (TPSA) is 22.9 Å². The van der Waals surface area contributed by atoms with Crippen molar-refractivity contribution in [1.29, 1.82) is 0 Å². The van der Waals surface area contributed by atoms with Crippen molar-refractivity contribution < 1.29 is 4.42 Å². The van der Waals surface area contributed by atoms with Crippen LogP contribution in [0.3, 0.4) is 0 Å². The van der Waals surface area contributed by atoms with E-state index in [0.717, 1.165) is 95.4 Å². The maximum atomic E-state index is 7.53. The van der Waals surface area contributed by atoms with Gasteiger partial charge in [0.1, 0.15) is 11.2 Å². The molecule has 0 amide bonds. The first-order chi connectivity index (χ1) is 43.3. The van der Waals surface area contributed by atoms with E-state index < -0.39 is 13.5 Å². The summed E-state index contributed by atoms with van der Waals surface area (Å²) in [5, 5.41) is 3.56. The van der Waals surface area contributed by atoms with Crippen molar-refractivity contribution in [3.63, 3.8) is 0 Å². The Labute approximate surface area is 542 Å². The van der Waals surface area contributed by atoms with E-state index in [-0.39, 0.29) is 21.7 Å². The molecular formula is C86H87N3OSi. The van der Waals surface area contributed by atoms with Crippen molar-refractivity contribution in [2.24, 2.45) is 0 Å². The molecule has 13 rings (SSSR count). The Hall–Kier alpha value is -9.16. The van der Waals surface area contributed by atoms with Crippen LogP contribution in [0.25, 0.3) is 33.1 Å². The van der Waals surface area contributed by atoms with E-state index in [0.29, 0.717) is 0 Å². The summed E-state index contributed by atoms with van der Waals surface area (Å²) >= 11 is 0. The van der Waals surface area contributed by atoms with Crippen LogP contribution in [0.5, 0.6) is 0 Å². The predicted octanol–water partition coefficient (Wildman–Crippen LogP) is 24.1. The van der Waals surface area contributed by atoms with Crippen LogP contribution in [0.15, 0.2) is 259 Å². The van der Waals surface area contributed by atoms with Crippen molar-refractivity contribution in [2.75, 3.05) is 14.7 Å². The van der Waals surface area contributed by atoms with Gasteiger partial charge >= 0.3 is 0 Å². The van der Waals surface area contributed by atoms with Crippen LogP contribution in [0.1, 0.15) is 128 Å². The zero-order valence-electron chi connectivity index (χ0n) is 56.0. The molecule has 4 nitrogen and oxygen atoms in total. The van der Waals surface area contributed by atoms with Crippen molar-refractivity contribution in [1.82, 2.24) is 0 Å². The highest BCUT2D eigenvalue weighted by atomic mass is 28.3. The van der Waals surface area contributed by atoms with Crippen LogP contribution in [0.4, 0.5) is 51.2 Å². The average molecular weight is 1210 g/mol. The molecule has 91 heavy (non-hydrogen) atoms. The summed E-state index contributed by atoms with van der Waals surface area (Å²) in [6.07, 6.45) is 0. The number of fused-ring (bicyclic) bond motifs is 7. The zero-order valence-corrected chi connectivity index (χ0v) is 57.0. The number of hydrogen-bond acceptors (Lipinski definition) is 4. The molecule has 5 heteroatoms. The number of anilines is 9. The van der Waals surface area contributed by atoms with Gasteiger partial charge in [0.05, 0.1) is 24.6 Å². The van der Waals surface area contributed by atoms with Crippen molar-refractivity contribution in [3.8, 4) is 11.1 Å². The molecule has 1 aromatic heterocycles. The standard InChI is InChI=1S/C86H87N3OSi/c1-82(2,3)58-30-42-66(43-31-58)87(67-44-32-59(33-45-67)83(4,5)6)68-50-38-62(39-51-68)86(63-40-53-72(54-41-63)91(13,14)15)75-56-71(88(64-24-18-16-19-25-64)69-46-34-60(35-47-69)84(7,8)9)52-55-73(75)79-76(86)57-77(80-74-28-22-23-29-78(74)90-81(79)80)89(65-26-20-17-21-27-65)70-48-36-61(37-49-70)85(10,11)12/h16-57H,1-15H3. The molecule has 1 unspecified atom stereocenters. The molecule has 12 aromatic rings. The Morgan fingerprint density at radius 2 is 0.681 bits per heavy atom. The maximum absolute atomic E-state index is 7.53. The van der Waals surface area contributed by atoms with E-state index in [1.807, 2.05) is 0 Å². The molecule has 0 radical (unpaired) electrons. The first-order valence-electron chi connectivity index (χ1n) is 32.6. The summed E-state index contributed by atoms with van der Waals surface area (Å²) in [5.74, 6) is 0. The zero-order chi connectivity index (χ0) is 64.0. The Balaban J connectivity index is 1.14. The number of rotatable bonds is 12. The third-order valence-electron chi connectivity index (χ3n) is 18.9. The molecule has 1 atom stereocenters. The number of furan rings is 1. The van der Waals surface area contributed by atoms with Crippen LogP contribution < -0.4 is 19.9 Å². The fourth-order valence-corrected chi connectivity index (χ4v) is 14.9. The summed E-state index contributed by atoms with van der Waals surface area (Å²) in [7, 11) is -1.77. The molecule has 0 saturated heterocycles. The quantitative estimate of drug-likeness (QED) is 0.114. The molecule has 0 saturated carbocycles. The van der Waals surface area contributed by atoms with Gasteiger partial charge in [-0.05, 0) is 181 Å². The van der Waals surface area contributed by atoms with Crippen molar-refractivity contribution in [3.05, 3.63) is 299 Å². The first-order valence-corrected chi connectivity index (χ1v) is 36.1. The van der Waals surface area contributed by atoms with Crippen LogP contribution in [-0.2, 0) is 27.1 Å². The average Bonchev–Trinajstić information content (AvgIpc) is 1.52. The predicted molar refractivity (Wildman–Crippen MR) is 393 cm³/mol. The minimum absolute atomic E-state index is 0.00647. The van der Waals surface area contributed by atoms with Crippen LogP contribution >= 0.6 is 0 Å². The second kappa shape index (κ2) is 22.6. The molecule has 1 aliphatic carbocycles. The van der Waals surface area contributed by atoms with Gasteiger partial charge in [0.15, 0.2) is 0 Å². The van der Waals surface area contributed by atoms with Gasteiger partial charge in [-0.1, -0.05) is 254 Å². The minimum Gasteiger partial charge on any atom is -0.455 e. The SMILES string of the molecule is CC(C)(C)c1ccc(N(c2ccc(C(C)(C)C)cc2)c2ccc(C3(c4ccc([Si](C)(C)C)cc4)c4cc(N(c5ccccc5)c5ccc(C(C)(C)C)cc5)ccc4-c4c3cc(N(c3ccccc3)c3ccc(C(C)(C)C)cc3)c3c4oc4ccccc43)cc2)cc1. The molecule has 0 aliphatic heterocycles. The third kappa shape index (κ3) is 11.1. The number of hydrogen-bond donors (Lipinski definition) is 0. The van der Waals surface area contributed by atoms with Crippen molar-refractivity contribution >= 4 is 86.4 Å². The van der Waals surface area contributed by atoms with Gasteiger partial charge in [-0.2, -0.15) is 0 Å². The van der Waals surface area contributed by atoms with E-state index in [1.54, 1.807) is 0 Å². The van der Waals surface area contributed by atoms with E-state index in [1.165, 1.54) is 38.6 Å². The lowest BCUT2D eigenvalue weighted by molar-refractivity contribution is 0.590. The highest BCUT2D eigenvalue weighted by molar-refractivity contribution is 6.88. The lowest BCUT2D eigenvalue weighted by Gasteiger charge is -2.36. The lowest BCUT2D eigenvalue weighted by atomic mass is 9.67. The lowest BCUT2D eigenvalue weighted by Crippen LogP contribution is -2.38. The van der Waals surface area contributed by atoms with Gasteiger partial charge in [0.2, 0.25) is 0 Å². The minimum atomic E-state index is -1.77. The Kier molecular flexibility index (Phi) is 15.1. The van der Waals surface area contributed by atoms with Crippen LogP contribution in [0.2, 0.25) is 19.6 Å². The van der Waals surface area contributed by atoms with E-state index in [2.05, 4.69) is 372 Å². The van der Waals surface area contributed by atoms with Gasteiger partial charge in [-0.3, -0.25) is 0 Å². The fraction of sp³-hybridized carbons (Fsp3) is 0.233. The Bertz CT molecular complexity index is 4530. The van der Waals surface area contributed by atoms with Crippen LogP contribution in [0, 0.1) is 0 Å². The molecule has 0 fully saturated rings. The molecule has 0 spiro atoms. The van der Waals surface area contributed by atoms with E-state index in [9.17, 15) is 0 Å². The van der Waals surface area contributed by atoms with Gasteiger partial charge in [-0.25, -0.2) is 0 Å². The molecular weight excluding hydrogens is 1120 g/mol. The second-order valence-corrected chi connectivity index (χ2v) is 35.4. The highest BCUT2D eigenvalue weighted by Gasteiger charge is 2.49. The summed E-state index contributed by atoms with van der Waals surface area (Å²) in [5.41, 5.74) is 22.6. The summed E-state index contributed by atoms with van der Waals surface area (Å²) in [4.78, 5) is 7.33. The molecule has 0 bridgehead atoms. The molecule has 0 N–H and O–H groups in total. The first kappa shape index (κ1) is 60.7. The molecule has 1 heterocycles. The molecule has 11 aromatic carbocycles. The Morgan fingerprint density at radius 1 is 0.330 bits per heavy atom. The van der Waals surface area contributed by atoms with E-state index >= 15 is 0 Å². The van der Waals surface area contributed by atoms with Gasteiger partial charge in [-0.15, -0.1) is 0 Å². The normalized spacial score (nSPS) is 14.4. The second-order valence-electron chi connectivity index (χ2n) is 30.3. The smallest absolute Gasteiger partial charge is 0.145 e. The summed E-state index contributed by atoms with van der Waals surface area (Å²) < 4.78 is 7.53. The van der Waals surface area contributed by atoms with Gasteiger partial charge < -0.3 is 19.1 Å². The largest absolute Gasteiger partial charge is 0.455 e.